The number of thioether (sulfide) groups is 1. The molecule has 2 aromatic carbocycles. The molecule has 1 heterocycles. The van der Waals surface area contributed by atoms with E-state index in [1.165, 1.54) is 17.3 Å². The van der Waals surface area contributed by atoms with Gasteiger partial charge in [0, 0.05) is 20.1 Å². The maximum absolute atomic E-state index is 12.8. The molecule has 6 heteroatoms. The molecular formula is C22H23N3O2S. The highest BCUT2D eigenvalue weighted by Crippen LogP contribution is 2.18. The van der Waals surface area contributed by atoms with Crippen molar-refractivity contribution in [3.05, 3.63) is 82.7 Å². The maximum Gasteiger partial charge on any atom is 0.262 e. The summed E-state index contributed by atoms with van der Waals surface area (Å²) in [5.74, 6) is 0.197. The van der Waals surface area contributed by atoms with Crippen LogP contribution in [-0.2, 0) is 17.9 Å². The van der Waals surface area contributed by atoms with E-state index in [2.05, 4.69) is 11.6 Å². The van der Waals surface area contributed by atoms with Gasteiger partial charge in [0.05, 0.1) is 16.7 Å². The van der Waals surface area contributed by atoms with Crippen LogP contribution >= 0.6 is 11.8 Å². The molecule has 0 fully saturated rings. The van der Waals surface area contributed by atoms with Crippen molar-refractivity contribution in [1.82, 2.24) is 14.5 Å². The van der Waals surface area contributed by atoms with Gasteiger partial charge in [-0.3, -0.25) is 14.2 Å². The number of allylic oxidation sites excluding steroid dienone is 1. The predicted octanol–water partition coefficient (Wildman–Crippen LogP) is 3.64. The van der Waals surface area contributed by atoms with E-state index in [0.717, 1.165) is 5.56 Å². The molecule has 28 heavy (non-hydrogen) atoms. The Hall–Kier alpha value is -2.86. The van der Waals surface area contributed by atoms with Crippen molar-refractivity contribution in [3.8, 4) is 0 Å². The number of fused-ring (bicyclic) bond motifs is 1. The van der Waals surface area contributed by atoms with Gasteiger partial charge >= 0.3 is 0 Å². The minimum absolute atomic E-state index is 0.0156. The first-order chi connectivity index (χ1) is 13.5. The summed E-state index contributed by atoms with van der Waals surface area (Å²) in [5.41, 5.74) is 2.79. The van der Waals surface area contributed by atoms with Crippen molar-refractivity contribution in [3.63, 3.8) is 0 Å². The Balaban J connectivity index is 1.75. The van der Waals surface area contributed by atoms with E-state index >= 15 is 0 Å². The summed E-state index contributed by atoms with van der Waals surface area (Å²) in [7, 11) is 1.79. The van der Waals surface area contributed by atoms with Gasteiger partial charge in [0.15, 0.2) is 5.16 Å². The first-order valence-corrected chi connectivity index (χ1v) is 10.0. The van der Waals surface area contributed by atoms with E-state index in [-0.39, 0.29) is 17.2 Å². The first kappa shape index (κ1) is 19.9. The monoisotopic (exact) mass is 393 g/mol. The van der Waals surface area contributed by atoms with Crippen LogP contribution in [0.15, 0.2) is 71.1 Å². The van der Waals surface area contributed by atoms with Crippen LogP contribution in [0.25, 0.3) is 10.9 Å². The summed E-state index contributed by atoms with van der Waals surface area (Å²) < 4.78 is 1.56. The lowest BCUT2D eigenvalue weighted by Gasteiger charge is -2.18. The molecular weight excluding hydrogens is 370 g/mol. The van der Waals surface area contributed by atoms with Crippen molar-refractivity contribution in [2.45, 2.75) is 25.2 Å². The number of aryl methyl sites for hydroxylation is 1. The highest BCUT2D eigenvalue weighted by Gasteiger charge is 2.15. The Kier molecular flexibility index (Phi) is 6.31. The van der Waals surface area contributed by atoms with Crippen LogP contribution in [0.5, 0.6) is 0 Å². The molecule has 0 N–H and O–H groups in total. The van der Waals surface area contributed by atoms with Gasteiger partial charge in [-0.2, -0.15) is 0 Å². The molecule has 0 unspecified atom stereocenters. The molecule has 0 saturated heterocycles. The van der Waals surface area contributed by atoms with Crippen molar-refractivity contribution in [2.24, 2.45) is 0 Å². The van der Waals surface area contributed by atoms with Crippen molar-refractivity contribution in [2.75, 3.05) is 12.8 Å². The lowest BCUT2D eigenvalue weighted by molar-refractivity contribution is -0.127. The van der Waals surface area contributed by atoms with Crippen LogP contribution < -0.4 is 5.56 Å². The molecule has 0 aliphatic carbocycles. The van der Waals surface area contributed by atoms with Crippen LogP contribution in [0.2, 0.25) is 0 Å². The van der Waals surface area contributed by atoms with Gasteiger partial charge in [0.2, 0.25) is 5.91 Å². The van der Waals surface area contributed by atoms with E-state index in [1.54, 1.807) is 28.7 Å². The quantitative estimate of drug-likeness (QED) is 0.349. The summed E-state index contributed by atoms with van der Waals surface area (Å²) in [6.07, 6.45) is 1.66. The third-order valence-electron chi connectivity index (χ3n) is 4.43. The number of rotatable bonds is 7. The Morgan fingerprint density at radius 3 is 2.64 bits per heavy atom. The largest absolute Gasteiger partial charge is 0.341 e. The van der Waals surface area contributed by atoms with Crippen LogP contribution in [0, 0.1) is 6.92 Å². The molecule has 0 spiro atoms. The number of hydrogen-bond acceptors (Lipinski definition) is 4. The molecule has 3 aromatic rings. The third-order valence-corrected chi connectivity index (χ3v) is 5.39. The van der Waals surface area contributed by atoms with Crippen molar-refractivity contribution < 1.29 is 4.79 Å². The Bertz CT molecular complexity index is 1060. The summed E-state index contributed by atoms with van der Waals surface area (Å²) in [4.78, 5) is 31.6. The average Bonchev–Trinajstić information content (AvgIpc) is 2.70. The maximum atomic E-state index is 12.8. The molecule has 5 nitrogen and oxygen atoms in total. The number of para-hydroxylation sites is 1. The standard InChI is InChI=1S/C22H23N3O2S/c1-4-13-25-21(27)18-7-5-6-8-19(18)23-22(25)28-15-20(26)24(3)14-17-11-9-16(2)10-12-17/h4-12H,1,13-15H2,2-3H3. The molecule has 0 aliphatic rings. The molecule has 1 amide bonds. The first-order valence-electron chi connectivity index (χ1n) is 9.02. The number of carbonyl (C=O) groups is 1. The Morgan fingerprint density at radius 2 is 1.93 bits per heavy atom. The topological polar surface area (TPSA) is 55.2 Å². The van der Waals surface area contributed by atoms with Gasteiger partial charge in [-0.05, 0) is 24.6 Å². The average molecular weight is 394 g/mol. The van der Waals surface area contributed by atoms with E-state index in [4.69, 9.17) is 0 Å². The third kappa shape index (κ3) is 4.51. The molecule has 0 bridgehead atoms. The molecule has 0 atom stereocenters. The van der Waals surface area contributed by atoms with Crippen LogP contribution in [-0.4, -0.2) is 33.2 Å². The minimum atomic E-state index is -0.117. The number of hydrogen-bond donors (Lipinski definition) is 0. The van der Waals surface area contributed by atoms with E-state index in [9.17, 15) is 9.59 Å². The van der Waals surface area contributed by atoms with E-state index in [0.29, 0.717) is 29.1 Å². The van der Waals surface area contributed by atoms with Gasteiger partial charge in [-0.15, -0.1) is 6.58 Å². The molecule has 0 aliphatic heterocycles. The van der Waals surface area contributed by atoms with Gasteiger partial charge < -0.3 is 4.90 Å². The van der Waals surface area contributed by atoms with Crippen LogP contribution in [0.1, 0.15) is 11.1 Å². The second-order valence-electron chi connectivity index (χ2n) is 6.64. The zero-order chi connectivity index (χ0) is 20.1. The fourth-order valence-electron chi connectivity index (χ4n) is 2.84. The highest BCUT2D eigenvalue weighted by atomic mass is 32.2. The lowest BCUT2D eigenvalue weighted by Crippen LogP contribution is -2.28. The van der Waals surface area contributed by atoms with Gasteiger partial charge in [0.25, 0.3) is 5.56 Å². The summed E-state index contributed by atoms with van der Waals surface area (Å²) in [6.45, 7) is 6.66. The molecule has 3 rings (SSSR count). The summed E-state index contributed by atoms with van der Waals surface area (Å²) in [6, 6.07) is 15.4. The van der Waals surface area contributed by atoms with Crippen molar-refractivity contribution >= 4 is 28.6 Å². The number of carbonyl (C=O) groups excluding carboxylic acids is 1. The fourth-order valence-corrected chi connectivity index (χ4v) is 3.79. The molecule has 0 saturated carbocycles. The number of nitrogens with zero attached hydrogens (tertiary/aromatic N) is 3. The number of benzene rings is 2. The van der Waals surface area contributed by atoms with Crippen molar-refractivity contribution in [1.29, 1.82) is 0 Å². The smallest absolute Gasteiger partial charge is 0.262 e. The summed E-state index contributed by atoms with van der Waals surface area (Å²) in [5, 5.41) is 1.09. The van der Waals surface area contributed by atoms with Gasteiger partial charge in [-0.25, -0.2) is 4.98 Å². The van der Waals surface area contributed by atoms with Crippen LogP contribution in [0.4, 0.5) is 0 Å². The van der Waals surface area contributed by atoms with E-state index < -0.39 is 0 Å². The lowest BCUT2D eigenvalue weighted by atomic mass is 10.1. The number of amides is 1. The minimum Gasteiger partial charge on any atom is -0.341 e. The van der Waals surface area contributed by atoms with Gasteiger partial charge in [-0.1, -0.05) is 59.8 Å². The second-order valence-corrected chi connectivity index (χ2v) is 7.58. The summed E-state index contributed by atoms with van der Waals surface area (Å²) >= 11 is 1.28. The highest BCUT2D eigenvalue weighted by molar-refractivity contribution is 7.99. The van der Waals surface area contributed by atoms with Crippen LogP contribution in [0.3, 0.4) is 0 Å². The Labute approximate surface area is 168 Å². The Morgan fingerprint density at radius 1 is 1.21 bits per heavy atom. The zero-order valence-electron chi connectivity index (χ0n) is 16.1. The second kappa shape index (κ2) is 8.89. The molecule has 1 aromatic heterocycles. The van der Waals surface area contributed by atoms with Gasteiger partial charge in [0.1, 0.15) is 0 Å². The molecule has 144 valence electrons. The fraction of sp³-hybridized carbons (Fsp3) is 0.227. The normalized spacial score (nSPS) is 10.8. The van der Waals surface area contributed by atoms with E-state index in [1.807, 2.05) is 49.4 Å². The number of aromatic nitrogens is 2. The SMILES string of the molecule is C=CCn1c(SCC(=O)N(C)Cc2ccc(C)cc2)nc2ccccc2c1=O. The molecule has 0 radical (unpaired) electrons. The predicted molar refractivity (Wildman–Crippen MR) is 115 cm³/mol. The zero-order valence-corrected chi connectivity index (χ0v) is 16.9.